The van der Waals surface area contributed by atoms with Crippen molar-refractivity contribution in [2.75, 3.05) is 13.1 Å². The molecular formula is C12H18F4N2O2. The number of carbonyl (C=O) groups excluding carboxylic acids is 2. The second-order valence-electron chi connectivity index (χ2n) is 5.00. The highest BCUT2D eigenvalue weighted by Crippen LogP contribution is 2.25. The van der Waals surface area contributed by atoms with Gasteiger partial charge in [0.25, 0.3) is 0 Å². The lowest BCUT2D eigenvalue weighted by atomic mass is 9.98. The zero-order valence-electron chi connectivity index (χ0n) is 11.3. The van der Waals surface area contributed by atoms with Crippen molar-refractivity contribution < 1.29 is 27.2 Å². The van der Waals surface area contributed by atoms with Gasteiger partial charge in [-0.2, -0.15) is 8.78 Å². The van der Waals surface area contributed by atoms with Gasteiger partial charge in [-0.1, -0.05) is 20.3 Å². The van der Waals surface area contributed by atoms with Crippen molar-refractivity contribution in [2.24, 2.45) is 5.92 Å². The summed E-state index contributed by atoms with van der Waals surface area (Å²) >= 11 is 0. The standard InChI is InChI=1S/C12H18F4N2O2/c1-3-7(2)9-10(20)18(5-4-8(19)17-9)6-12(15,16)11(13)14/h7,9,11H,3-6H2,1-2H3,(H,17,19). The molecule has 1 rings (SSSR count). The molecule has 0 spiro atoms. The summed E-state index contributed by atoms with van der Waals surface area (Å²) in [6, 6.07) is -0.941. The van der Waals surface area contributed by atoms with Crippen LogP contribution in [0.2, 0.25) is 0 Å². The quantitative estimate of drug-likeness (QED) is 0.785. The largest absolute Gasteiger partial charge is 0.344 e. The molecule has 2 unspecified atom stereocenters. The van der Waals surface area contributed by atoms with E-state index in [-0.39, 0.29) is 18.9 Å². The number of carbonyl (C=O) groups is 2. The van der Waals surface area contributed by atoms with Gasteiger partial charge >= 0.3 is 12.3 Å². The van der Waals surface area contributed by atoms with Crippen molar-refractivity contribution in [1.29, 1.82) is 0 Å². The van der Waals surface area contributed by atoms with Gasteiger partial charge < -0.3 is 10.2 Å². The summed E-state index contributed by atoms with van der Waals surface area (Å²) < 4.78 is 50.6. The van der Waals surface area contributed by atoms with E-state index < -0.39 is 36.7 Å². The van der Waals surface area contributed by atoms with Gasteiger partial charge in [-0.25, -0.2) is 8.78 Å². The molecule has 2 amide bonds. The smallest absolute Gasteiger partial charge is 0.324 e. The molecule has 0 aromatic heterocycles. The first-order valence-corrected chi connectivity index (χ1v) is 6.43. The van der Waals surface area contributed by atoms with E-state index >= 15 is 0 Å². The molecule has 1 heterocycles. The van der Waals surface area contributed by atoms with E-state index in [4.69, 9.17) is 0 Å². The fraction of sp³-hybridized carbons (Fsp3) is 0.833. The molecule has 1 saturated heterocycles. The number of rotatable bonds is 5. The average molecular weight is 298 g/mol. The van der Waals surface area contributed by atoms with Crippen molar-refractivity contribution in [3.63, 3.8) is 0 Å². The van der Waals surface area contributed by atoms with Gasteiger partial charge in [0.2, 0.25) is 11.8 Å². The zero-order valence-corrected chi connectivity index (χ0v) is 11.3. The van der Waals surface area contributed by atoms with Crippen LogP contribution in [-0.4, -0.2) is 48.2 Å². The van der Waals surface area contributed by atoms with Gasteiger partial charge in [0.15, 0.2) is 0 Å². The van der Waals surface area contributed by atoms with Crippen LogP contribution in [0.5, 0.6) is 0 Å². The maximum atomic E-state index is 13.1. The second-order valence-corrected chi connectivity index (χ2v) is 5.00. The van der Waals surface area contributed by atoms with Crippen molar-refractivity contribution in [3.8, 4) is 0 Å². The first-order chi connectivity index (χ1) is 9.19. The van der Waals surface area contributed by atoms with Crippen molar-refractivity contribution in [1.82, 2.24) is 10.2 Å². The molecule has 8 heteroatoms. The lowest BCUT2D eigenvalue weighted by molar-refractivity contribution is -0.158. The molecule has 1 fully saturated rings. The van der Waals surface area contributed by atoms with Gasteiger partial charge in [-0.05, 0) is 5.92 Å². The minimum atomic E-state index is -4.27. The summed E-state index contributed by atoms with van der Waals surface area (Å²) in [4.78, 5) is 24.3. The Hall–Kier alpha value is -1.34. The van der Waals surface area contributed by atoms with Crippen LogP contribution in [0, 0.1) is 5.92 Å². The Kier molecular flexibility index (Phi) is 5.35. The highest BCUT2D eigenvalue weighted by molar-refractivity contribution is 5.90. The van der Waals surface area contributed by atoms with Crippen LogP contribution in [0.1, 0.15) is 26.7 Å². The fourth-order valence-electron chi connectivity index (χ4n) is 1.95. The molecule has 4 nitrogen and oxygen atoms in total. The predicted molar refractivity (Wildman–Crippen MR) is 63.5 cm³/mol. The maximum absolute atomic E-state index is 13.1. The van der Waals surface area contributed by atoms with Crippen molar-refractivity contribution in [2.45, 2.75) is 45.1 Å². The lowest BCUT2D eigenvalue weighted by Gasteiger charge is -2.29. The molecule has 116 valence electrons. The minimum absolute atomic E-state index is 0.169. The summed E-state index contributed by atoms with van der Waals surface area (Å²) in [5, 5.41) is 2.46. The number of halogens is 4. The lowest BCUT2D eigenvalue weighted by Crippen LogP contribution is -2.52. The summed E-state index contributed by atoms with van der Waals surface area (Å²) in [5.41, 5.74) is 0. The molecule has 0 bridgehead atoms. The SMILES string of the molecule is CCC(C)C1NC(=O)CCN(CC(F)(F)C(F)F)C1=O. The van der Waals surface area contributed by atoms with E-state index in [1.165, 1.54) is 0 Å². The van der Waals surface area contributed by atoms with E-state index in [0.29, 0.717) is 11.3 Å². The maximum Gasteiger partial charge on any atom is 0.324 e. The molecule has 0 aliphatic carbocycles. The average Bonchev–Trinajstić information content (AvgIpc) is 2.50. The molecule has 1 N–H and O–H groups in total. The van der Waals surface area contributed by atoms with Crippen molar-refractivity contribution >= 4 is 11.8 Å². The van der Waals surface area contributed by atoms with Gasteiger partial charge in [0.05, 0.1) is 6.54 Å². The molecule has 0 aromatic rings. The molecule has 2 atom stereocenters. The molecule has 0 saturated carbocycles. The minimum Gasteiger partial charge on any atom is -0.344 e. The highest BCUT2D eigenvalue weighted by atomic mass is 19.3. The van der Waals surface area contributed by atoms with E-state index in [1.54, 1.807) is 13.8 Å². The number of nitrogens with one attached hydrogen (secondary N) is 1. The van der Waals surface area contributed by atoms with Gasteiger partial charge in [0, 0.05) is 13.0 Å². The second kappa shape index (κ2) is 6.41. The third-order valence-corrected chi connectivity index (χ3v) is 3.44. The van der Waals surface area contributed by atoms with Crippen LogP contribution >= 0.6 is 0 Å². The van der Waals surface area contributed by atoms with E-state index in [0.717, 1.165) is 0 Å². The molecule has 1 aliphatic heterocycles. The van der Waals surface area contributed by atoms with Crippen LogP contribution in [0.4, 0.5) is 17.6 Å². The van der Waals surface area contributed by atoms with E-state index in [9.17, 15) is 27.2 Å². The Bertz CT molecular complexity index is 376. The summed E-state index contributed by atoms with van der Waals surface area (Å²) in [6.45, 7) is 1.83. The van der Waals surface area contributed by atoms with Crippen molar-refractivity contribution in [3.05, 3.63) is 0 Å². The van der Waals surface area contributed by atoms with Gasteiger partial charge in [0.1, 0.15) is 6.04 Å². The predicted octanol–water partition coefficient (Wildman–Crippen LogP) is 1.65. The number of nitrogens with zero attached hydrogens (tertiary/aromatic N) is 1. The topological polar surface area (TPSA) is 49.4 Å². The molecular weight excluding hydrogens is 280 g/mol. The third kappa shape index (κ3) is 3.83. The van der Waals surface area contributed by atoms with Gasteiger partial charge in [-0.3, -0.25) is 9.59 Å². The van der Waals surface area contributed by atoms with Crippen LogP contribution < -0.4 is 5.32 Å². The first kappa shape index (κ1) is 16.7. The highest BCUT2D eigenvalue weighted by Gasteiger charge is 2.45. The van der Waals surface area contributed by atoms with Gasteiger partial charge in [-0.15, -0.1) is 0 Å². The molecule has 1 aliphatic rings. The fourth-order valence-corrected chi connectivity index (χ4v) is 1.95. The third-order valence-electron chi connectivity index (χ3n) is 3.44. The summed E-state index contributed by atoms with van der Waals surface area (Å²) in [7, 11) is 0. The Morgan fingerprint density at radius 1 is 1.40 bits per heavy atom. The summed E-state index contributed by atoms with van der Waals surface area (Å²) in [6.07, 6.45) is -3.46. The van der Waals surface area contributed by atoms with Crippen LogP contribution in [0.15, 0.2) is 0 Å². The number of alkyl halides is 4. The molecule has 0 aromatic carbocycles. The van der Waals surface area contributed by atoms with E-state index in [2.05, 4.69) is 5.32 Å². The number of hydrogen-bond acceptors (Lipinski definition) is 2. The van der Waals surface area contributed by atoms with Crippen LogP contribution in [0.25, 0.3) is 0 Å². The Morgan fingerprint density at radius 3 is 2.50 bits per heavy atom. The Morgan fingerprint density at radius 2 is 2.00 bits per heavy atom. The van der Waals surface area contributed by atoms with Crippen LogP contribution in [0.3, 0.4) is 0 Å². The van der Waals surface area contributed by atoms with Crippen LogP contribution in [-0.2, 0) is 9.59 Å². The van der Waals surface area contributed by atoms with E-state index in [1.807, 2.05) is 0 Å². The Balaban J connectivity index is 2.90. The monoisotopic (exact) mass is 298 g/mol. The number of hydrogen-bond donors (Lipinski definition) is 1. The molecule has 0 radical (unpaired) electrons. The summed E-state index contributed by atoms with van der Waals surface area (Å²) in [5.74, 6) is -5.70. The molecule has 20 heavy (non-hydrogen) atoms. The first-order valence-electron chi connectivity index (χ1n) is 6.43. The Labute approximate surface area is 114 Å². The normalized spacial score (nSPS) is 22.8. The number of amides is 2. The zero-order chi connectivity index (χ0) is 15.5.